The fourth-order valence-electron chi connectivity index (χ4n) is 2.49. The number of nitrogens with one attached hydrogen (secondary N) is 1. The number of aromatic amines is 1. The molecule has 0 saturated carbocycles. The SMILES string of the molecule is CCCCCCCCc1nc2c(C)cc(Br)cc2[nH]1. The zero-order valence-corrected chi connectivity index (χ0v) is 13.5. The third kappa shape index (κ3) is 4.07. The third-order valence-electron chi connectivity index (χ3n) is 3.56. The van der Waals surface area contributed by atoms with E-state index in [2.05, 4.69) is 46.9 Å². The normalized spacial score (nSPS) is 11.3. The molecule has 2 aromatic rings. The van der Waals surface area contributed by atoms with Crippen LogP contribution in [0.4, 0.5) is 0 Å². The molecule has 0 atom stereocenters. The molecule has 1 N–H and O–H groups in total. The van der Waals surface area contributed by atoms with Crippen LogP contribution in [0.2, 0.25) is 0 Å². The number of rotatable bonds is 7. The number of benzene rings is 1. The highest BCUT2D eigenvalue weighted by molar-refractivity contribution is 9.10. The maximum atomic E-state index is 4.71. The summed E-state index contributed by atoms with van der Waals surface area (Å²) in [6.45, 7) is 4.37. The maximum Gasteiger partial charge on any atom is 0.107 e. The van der Waals surface area contributed by atoms with Crippen LogP contribution in [0.1, 0.15) is 56.8 Å². The third-order valence-corrected chi connectivity index (χ3v) is 4.02. The van der Waals surface area contributed by atoms with Crippen LogP contribution in [-0.4, -0.2) is 9.97 Å². The van der Waals surface area contributed by atoms with Gasteiger partial charge in [-0.15, -0.1) is 0 Å². The molecule has 2 rings (SSSR count). The van der Waals surface area contributed by atoms with Crippen LogP contribution in [0.3, 0.4) is 0 Å². The van der Waals surface area contributed by atoms with Crippen molar-refractivity contribution in [2.24, 2.45) is 0 Å². The van der Waals surface area contributed by atoms with Gasteiger partial charge in [0.15, 0.2) is 0 Å². The predicted octanol–water partition coefficient (Wildman–Crippen LogP) is 5.54. The van der Waals surface area contributed by atoms with Gasteiger partial charge in [0.1, 0.15) is 5.82 Å². The lowest BCUT2D eigenvalue weighted by Crippen LogP contribution is -1.88. The molecular formula is C16H23BrN2. The van der Waals surface area contributed by atoms with Crippen molar-refractivity contribution < 1.29 is 0 Å². The zero-order valence-electron chi connectivity index (χ0n) is 11.9. The van der Waals surface area contributed by atoms with Gasteiger partial charge in [0, 0.05) is 10.9 Å². The zero-order chi connectivity index (χ0) is 13.7. The van der Waals surface area contributed by atoms with Gasteiger partial charge in [-0.25, -0.2) is 4.98 Å². The summed E-state index contributed by atoms with van der Waals surface area (Å²) in [5.41, 5.74) is 3.49. The van der Waals surface area contributed by atoms with Gasteiger partial charge in [-0.2, -0.15) is 0 Å². The quantitative estimate of drug-likeness (QED) is 0.666. The fourth-order valence-corrected chi connectivity index (χ4v) is 3.06. The van der Waals surface area contributed by atoms with E-state index in [0.717, 1.165) is 27.8 Å². The average molecular weight is 323 g/mol. The molecule has 3 heteroatoms. The van der Waals surface area contributed by atoms with E-state index in [0.29, 0.717) is 0 Å². The van der Waals surface area contributed by atoms with Crippen molar-refractivity contribution in [2.75, 3.05) is 0 Å². The highest BCUT2D eigenvalue weighted by atomic mass is 79.9. The molecule has 0 radical (unpaired) electrons. The Labute approximate surface area is 124 Å². The molecule has 0 bridgehead atoms. The molecule has 1 aromatic carbocycles. The Morgan fingerprint density at radius 2 is 1.84 bits per heavy atom. The Bertz CT molecular complexity index is 531. The van der Waals surface area contributed by atoms with Crippen LogP contribution in [0.5, 0.6) is 0 Å². The van der Waals surface area contributed by atoms with Gasteiger partial charge in [-0.1, -0.05) is 55.0 Å². The number of unbranched alkanes of at least 4 members (excludes halogenated alkanes) is 5. The van der Waals surface area contributed by atoms with Gasteiger partial charge in [-0.05, 0) is 31.0 Å². The molecule has 0 aliphatic rings. The van der Waals surface area contributed by atoms with Crippen LogP contribution in [0.25, 0.3) is 11.0 Å². The van der Waals surface area contributed by atoms with Crippen LogP contribution in [-0.2, 0) is 6.42 Å². The minimum absolute atomic E-state index is 1.07. The smallest absolute Gasteiger partial charge is 0.107 e. The largest absolute Gasteiger partial charge is 0.342 e. The minimum Gasteiger partial charge on any atom is -0.342 e. The number of H-pyrrole nitrogens is 1. The standard InChI is InChI=1S/C16H23BrN2/c1-3-4-5-6-7-8-9-15-18-14-11-13(17)10-12(2)16(14)19-15/h10-11H,3-9H2,1-2H3,(H,18,19). The second kappa shape index (κ2) is 7.09. The van der Waals surface area contributed by atoms with E-state index in [4.69, 9.17) is 4.98 Å². The van der Waals surface area contributed by atoms with Crippen molar-refractivity contribution in [1.29, 1.82) is 0 Å². The summed E-state index contributed by atoms with van der Waals surface area (Å²) in [4.78, 5) is 8.15. The van der Waals surface area contributed by atoms with Crippen LogP contribution in [0.15, 0.2) is 16.6 Å². The number of aromatic nitrogens is 2. The summed E-state index contributed by atoms with van der Waals surface area (Å²) >= 11 is 3.53. The van der Waals surface area contributed by atoms with Crippen molar-refractivity contribution in [2.45, 2.75) is 58.8 Å². The first-order chi connectivity index (χ1) is 9.20. The lowest BCUT2D eigenvalue weighted by molar-refractivity contribution is 0.602. The Balaban J connectivity index is 1.89. The van der Waals surface area contributed by atoms with Crippen molar-refractivity contribution in [3.8, 4) is 0 Å². The van der Waals surface area contributed by atoms with E-state index in [1.54, 1.807) is 0 Å². The lowest BCUT2D eigenvalue weighted by Gasteiger charge is -1.98. The summed E-state index contributed by atoms with van der Waals surface area (Å²) < 4.78 is 1.12. The summed E-state index contributed by atoms with van der Waals surface area (Å²) in [6.07, 6.45) is 9.05. The maximum absolute atomic E-state index is 4.71. The Morgan fingerprint density at radius 3 is 2.63 bits per heavy atom. The predicted molar refractivity (Wildman–Crippen MR) is 85.6 cm³/mol. The molecule has 0 spiro atoms. The van der Waals surface area contributed by atoms with E-state index in [1.165, 1.54) is 44.1 Å². The van der Waals surface area contributed by atoms with E-state index < -0.39 is 0 Å². The number of nitrogens with zero attached hydrogens (tertiary/aromatic N) is 1. The molecule has 0 aliphatic carbocycles. The average Bonchev–Trinajstić information content (AvgIpc) is 2.76. The van der Waals surface area contributed by atoms with Crippen LogP contribution >= 0.6 is 15.9 Å². The van der Waals surface area contributed by atoms with Gasteiger partial charge in [0.25, 0.3) is 0 Å². The molecular weight excluding hydrogens is 300 g/mol. The number of hydrogen-bond donors (Lipinski definition) is 1. The van der Waals surface area contributed by atoms with Crippen molar-refractivity contribution in [3.63, 3.8) is 0 Å². The Hall–Kier alpha value is -0.830. The van der Waals surface area contributed by atoms with Gasteiger partial charge >= 0.3 is 0 Å². The summed E-state index contributed by atoms with van der Waals surface area (Å²) in [5.74, 6) is 1.13. The number of halogens is 1. The number of imidazole rings is 1. The van der Waals surface area contributed by atoms with E-state index >= 15 is 0 Å². The first kappa shape index (κ1) is 14.6. The van der Waals surface area contributed by atoms with Gasteiger partial charge in [0.05, 0.1) is 11.0 Å². The molecule has 1 aromatic heterocycles. The van der Waals surface area contributed by atoms with Crippen molar-refractivity contribution in [3.05, 3.63) is 28.0 Å². The van der Waals surface area contributed by atoms with Gasteiger partial charge in [-0.3, -0.25) is 0 Å². The Morgan fingerprint density at radius 1 is 1.11 bits per heavy atom. The second-order valence-electron chi connectivity index (χ2n) is 5.32. The summed E-state index contributed by atoms with van der Waals surface area (Å²) in [7, 11) is 0. The number of hydrogen-bond acceptors (Lipinski definition) is 1. The topological polar surface area (TPSA) is 28.7 Å². The molecule has 1 heterocycles. The summed E-state index contributed by atoms with van der Waals surface area (Å²) in [5, 5.41) is 0. The molecule has 2 nitrogen and oxygen atoms in total. The molecule has 19 heavy (non-hydrogen) atoms. The minimum atomic E-state index is 1.07. The molecule has 0 amide bonds. The van der Waals surface area contributed by atoms with Crippen LogP contribution < -0.4 is 0 Å². The Kier molecular flexibility index (Phi) is 5.44. The fraction of sp³-hybridized carbons (Fsp3) is 0.562. The molecule has 104 valence electrons. The van der Waals surface area contributed by atoms with Gasteiger partial charge < -0.3 is 4.98 Å². The van der Waals surface area contributed by atoms with Crippen molar-refractivity contribution in [1.82, 2.24) is 9.97 Å². The van der Waals surface area contributed by atoms with E-state index in [1.807, 2.05) is 0 Å². The second-order valence-corrected chi connectivity index (χ2v) is 6.24. The number of fused-ring (bicyclic) bond motifs is 1. The first-order valence-corrected chi connectivity index (χ1v) is 8.14. The molecule has 0 saturated heterocycles. The highest BCUT2D eigenvalue weighted by Gasteiger charge is 2.06. The van der Waals surface area contributed by atoms with E-state index in [9.17, 15) is 0 Å². The monoisotopic (exact) mass is 322 g/mol. The van der Waals surface area contributed by atoms with Crippen LogP contribution in [0, 0.1) is 6.92 Å². The lowest BCUT2D eigenvalue weighted by atomic mass is 10.1. The first-order valence-electron chi connectivity index (χ1n) is 7.35. The molecule has 0 aliphatic heterocycles. The summed E-state index contributed by atoms with van der Waals surface area (Å²) in [6, 6.07) is 4.23. The number of aryl methyl sites for hydroxylation is 2. The highest BCUT2D eigenvalue weighted by Crippen LogP contribution is 2.22. The van der Waals surface area contributed by atoms with Gasteiger partial charge in [0.2, 0.25) is 0 Å². The van der Waals surface area contributed by atoms with Crippen molar-refractivity contribution >= 4 is 27.0 Å². The molecule has 0 unspecified atom stereocenters. The van der Waals surface area contributed by atoms with E-state index in [-0.39, 0.29) is 0 Å². The molecule has 0 fully saturated rings.